The number of nitrogens with one attached hydrogen (secondary N) is 1. The van der Waals surface area contributed by atoms with Gasteiger partial charge >= 0.3 is 0 Å². The number of aryl methyl sites for hydroxylation is 2. The Morgan fingerprint density at radius 1 is 1.32 bits per heavy atom. The van der Waals surface area contributed by atoms with E-state index in [4.69, 9.17) is 4.74 Å². The summed E-state index contributed by atoms with van der Waals surface area (Å²) in [4.78, 5) is 5.75. The zero-order chi connectivity index (χ0) is 13.8. The summed E-state index contributed by atoms with van der Waals surface area (Å²) in [6.45, 7) is 7.11. The highest BCUT2D eigenvalue weighted by atomic mass is 32.1. The van der Waals surface area contributed by atoms with Gasteiger partial charge in [0.05, 0.1) is 17.8 Å². The number of methoxy groups -OCH3 is 1. The van der Waals surface area contributed by atoms with Crippen molar-refractivity contribution in [1.29, 1.82) is 0 Å². The minimum atomic E-state index is 0.248. The van der Waals surface area contributed by atoms with Gasteiger partial charge in [-0.25, -0.2) is 4.98 Å². The number of nitrogens with zero attached hydrogens (tertiary/aromatic N) is 1. The van der Waals surface area contributed by atoms with Gasteiger partial charge in [-0.3, -0.25) is 0 Å². The Morgan fingerprint density at radius 2 is 2.05 bits per heavy atom. The third-order valence-electron chi connectivity index (χ3n) is 3.17. The lowest BCUT2D eigenvalue weighted by Crippen LogP contribution is -2.18. The molecule has 0 aliphatic rings. The molecule has 0 spiro atoms. The number of hydrogen-bond donors (Lipinski definition) is 1. The summed E-state index contributed by atoms with van der Waals surface area (Å²) in [5.74, 6) is 0.930. The lowest BCUT2D eigenvalue weighted by atomic mass is 10.1. The highest BCUT2D eigenvalue weighted by molar-refractivity contribution is 7.11. The predicted octanol–water partition coefficient (Wildman–Crippen LogP) is 3.62. The SMILES string of the molecule is COc1ccccc1C(C)NCc1sc(C)nc1C. The highest BCUT2D eigenvalue weighted by Gasteiger charge is 2.11. The fourth-order valence-electron chi connectivity index (χ4n) is 2.12. The van der Waals surface area contributed by atoms with Gasteiger partial charge < -0.3 is 10.1 Å². The topological polar surface area (TPSA) is 34.1 Å². The molecule has 19 heavy (non-hydrogen) atoms. The van der Waals surface area contributed by atoms with Gasteiger partial charge in [0, 0.05) is 23.0 Å². The molecular formula is C15H20N2OS. The maximum Gasteiger partial charge on any atom is 0.123 e. The predicted molar refractivity (Wildman–Crippen MR) is 79.8 cm³/mol. The number of rotatable bonds is 5. The van der Waals surface area contributed by atoms with Crippen LogP contribution < -0.4 is 10.1 Å². The molecule has 0 aliphatic carbocycles. The molecule has 0 saturated heterocycles. The van der Waals surface area contributed by atoms with Crippen LogP contribution in [0.4, 0.5) is 0 Å². The number of thiazole rings is 1. The molecule has 1 atom stereocenters. The van der Waals surface area contributed by atoms with E-state index in [1.165, 1.54) is 10.4 Å². The number of benzene rings is 1. The molecule has 2 aromatic rings. The van der Waals surface area contributed by atoms with Crippen molar-refractivity contribution < 1.29 is 4.74 Å². The Hall–Kier alpha value is -1.39. The second-order valence-corrected chi connectivity index (χ2v) is 5.87. The molecule has 1 heterocycles. The molecule has 2 rings (SSSR count). The highest BCUT2D eigenvalue weighted by Crippen LogP contribution is 2.25. The number of hydrogen-bond acceptors (Lipinski definition) is 4. The molecule has 0 radical (unpaired) electrons. The first-order chi connectivity index (χ1) is 9.11. The van der Waals surface area contributed by atoms with Crippen molar-refractivity contribution in [3.05, 3.63) is 45.4 Å². The maximum absolute atomic E-state index is 5.40. The summed E-state index contributed by atoms with van der Waals surface area (Å²) in [6.07, 6.45) is 0. The van der Waals surface area contributed by atoms with E-state index in [9.17, 15) is 0 Å². The Morgan fingerprint density at radius 3 is 2.68 bits per heavy atom. The first kappa shape index (κ1) is 14.0. The third-order valence-corrected chi connectivity index (χ3v) is 4.25. The summed E-state index contributed by atoms with van der Waals surface area (Å²) in [7, 11) is 1.71. The van der Waals surface area contributed by atoms with Crippen molar-refractivity contribution in [1.82, 2.24) is 10.3 Å². The molecule has 1 aromatic carbocycles. The monoisotopic (exact) mass is 276 g/mol. The van der Waals surface area contributed by atoms with Crippen LogP contribution in [0.15, 0.2) is 24.3 Å². The molecule has 1 aromatic heterocycles. The smallest absolute Gasteiger partial charge is 0.123 e. The zero-order valence-corrected chi connectivity index (χ0v) is 12.7. The lowest BCUT2D eigenvalue weighted by molar-refractivity contribution is 0.401. The van der Waals surface area contributed by atoms with Crippen LogP contribution in [-0.2, 0) is 6.54 Å². The molecule has 3 nitrogen and oxygen atoms in total. The van der Waals surface area contributed by atoms with Crippen molar-refractivity contribution in [3.8, 4) is 5.75 Å². The average Bonchev–Trinajstić information content (AvgIpc) is 2.74. The number of ether oxygens (including phenoxy) is 1. The number of para-hydroxylation sites is 1. The van der Waals surface area contributed by atoms with Gasteiger partial charge in [-0.05, 0) is 26.8 Å². The maximum atomic E-state index is 5.40. The first-order valence-corrected chi connectivity index (χ1v) is 7.22. The number of aromatic nitrogens is 1. The van der Waals surface area contributed by atoms with E-state index in [2.05, 4.69) is 30.2 Å². The molecule has 0 amide bonds. The van der Waals surface area contributed by atoms with Gasteiger partial charge in [-0.2, -0.15) is 0 Å². The van der Waals surface area contributed by atoms with Gasteiger partial charge in [0.15, 0.2) is 0 Å². The summed E-state index contributed by atoms with van der Waals surface area (Å²) < 4.78 is 5.40. The third kappa shape index (κ3) is 3.33. The van der Waals surface area contributed by atoms with E-state index in [1.54, 1.807) is 18.4 Å². The zero-order valence-electron chi connectivity index (χ0n) is 11.9. The van der Waals surface area contributed by atoms with Gasteiger partial charge in [-0.1, -0.05) is 18.2 Å². The standard InChI is InChI=1S/C15H20N2OS/c1-10(13-7-5-6-8-14(13)18-4)16-9-15-11(2)17-12(3)19-15/h5-8,10,16H,9H2,1-4H3. The van der Waals surface area contributed by atoms with Gasteiger partial charge in [0.2, 0.25) is 0 Å². The fraction of sp³-hybridized carbons (Fsp3) is 0.400. The van der Waals surface area contributed by atoms with Crippen LogP contribution in [0.3, 0.4) is 0 Å². The summed E-state index contributed by atoms with van der Waals surface area (Å²) >= 11 is 1.76. The van der Waals surface area contributed by atoms with Crippen molar-refractivity contribution in [2.24, 2.45) is 0 Å². The van der Waals surface area contributed by atoms with Gasteiger partial charge in [0.1, 0.15) is 5.75 Å². The lowest BCUT2D eigenvalue weighted by Gasteiger charge is -2.16. The van der Waals surface area contributed by atoms with E-state index < -0.39 is 0 Å². The van der Waals surface area contributed by atoms with E-state index in [0.29, 0.717) is 0 Å². The molecular weight excluding hydrogens is 256 g/mol. The van der Waals surface area contributed by atoms with Gasteiger partial charge in [0.25, 0.3) is 0 Å². The normalized spacial score (nSPS) is 12.4. The van der Waals surface area contributed by atoms with Crippen LogP contribution in [-0.4, -0.2) is 12.1 Å². The van der Waals surface area contributed by atoms with Crippen molar-refractivity contribution >= 4 is 11.3 Å². The minimum absolute atomic E-state index is 0.248. The molecule has 0 bridgehead atoms. The van der Waals surface area contributed by atoms with E-state index in [1.807, 2.05) is 25.1 Å². The minimum Gasteiger partial charge on any atom is -0.496 e. The van der Waals surface area contributed by atoms with E-state index in [-0.39, 0.29) is 6.04 Å². The van der Waals surface area contributed by atoms with Crippen LogP contribution in [0.5, 0.6) is 5.75 Å². The van der Waals surface area contributed by atoms with Crippen LogP contribution in [0.1, 0.15) is 34.1 Å². The van der Waals surface area contributed by atoms with Crippen LogP contribution in [0.25, 0.3) is 0 Å². The summed E-state index contributed by atoms with van der Waals surface area (Å²) in [5, 5.41) is 4.66. The Kier molecular flexibility index (Phi) is 4.56. The molecule has 1 N–H and O–H groups in total. The van der Waals surface area contributed by atoms with Crippen molar-refractivity contribution in [3.63, 3.8) is 0 Å². The van der Waals surface area contributed by atoms with Crippen LogP contribution in [0.2, 0.25) is 0 Å². The second-order valence-electron chi connectivity index (χ2n) is 4.59. The van der Waals surface area contributed by atoms with Crippen LogP contribution >= 0.6 is 11.3 Å². The molecule has 102 valence electrons. The van der Waals surface area contributed by atoms with Crippen molar-refractivity contribution in [2.45, 2.75) is 33.4 Å². The largest absolute Gasteiger partial charge is 0.496 e. The molecule has 4 heteroatoms. The van der Waals surface area contributed by atoms with E-state index >= 15 is 0 Å². The molecule has 1 unspecified atom stereocenters. The quantitative estimate of drug-likeness (QED) is 0.905. The average molecular weight is 276 g/mol. The fourth-order valence-corrected chi connectivity index (χ4v) is 3.01. The molecule has 0 aliphatic heterocycles. The summed E-state index contributed by atoms with van der Waals surface area (Å²) in [5.41, 5.74) is 2.31. The van der Waals surface area contributed by atoms with Crippen LogP contribution in [0, 0.1) is 13.8 Å². The van der Waals surface area contributed by atoms with Gasteiger partial charge in [-0.15, -0.1) is 11.3 Å². The summed E-state index contributed by atoms with van der Waals surface area (Å²) in [6, 6.07) is 8.37. The molecule has 0 saturated carbocycles. The Bertz CT molecular complexity index is 551. The Labute approximate surface area is 118 Å². The first-order valence-electron chi connectivity index (χ1n) is 6.41. The Balaban J connectivity index is 2.05. The molecule has 0 fully saturated rings. The van der Waals surface area contributed by atoms with Crippen molar-refractivity contribution in [2.75, 3.05) is 7.11 Å². The second kappa shape index (κ2) is 6.17. The van der Waals surface area contributed by atoms with E-state index in [0.717, 1.165) is 23.0 Å².